The molecule has 0 amide bonds. The Labute approximate surface area is 322 Å². The summed E-state index contributed by atoms with van der Waals surface area (Å²) in [5, 5.41) is 14.1. The first-order valence-corrected chi connectivity index (χ1v) is 21.3. The molecule has 0 spiro atoms. The Morgan fingerprint density at radius 2 is 1.16 bits per heavy atom. The quantitative estimate of drug-likeness (QED) is 0.173. The van der Waals surface area contributed by atoms with Crippen LogP contribution >= 0.6 is 15.8 Å². The van der Waals surface area contributed by atoms with Crippen LogP contribution in [0.1, 0.15) is 11.7 Å². The third kappa shape index (κ3) is 5.44. The summed E-state index contributed by atoms with van der Waals surface area (Å²) in [5.74, 6) is 0. The van der Waals surface area contributed by atoms with Gasteiger partial charge < -0.3 is 10.2 Å². The molecule has 8 aromatic carbocycles. The van der Waals surface area contributed by atoms with Crippen molar-refractivity contribution in [1.29, 1.82) is 0 Å². The van der Waals surface area contributed by atoms with E-state index < -0.39 is 15.8 Å². The second-order valence-electron chi connectivity index (χ2n) is 14.0. The molecule has 0 aliphatic carbocycles. The molecule has 2 aliphatic rings. The van der Waals surface area contributed by atoms with Crippen molar-refractivity contribution in [3.63, 3.8) is 0 Å². The third-order valence-corrected chi connectivity index (χ3v) is 15.5. The summed E-state index contributed by atoms with van der Waals surface area (Å²) >= 11 is 0. The molecule has 0 fully saturated rings. The van der Waals surface area contributed by atoms with Crippen molar-refractivity contribution in [2.24, 2.45) is 0 Å². The minimum Gasteiger partial charge on any atom is -0.359 e. The summed E-state index contributed by atoms with van der Waals surface area (Å²) in [7, 11) is -1.88. The van der Waals surface area contributed by atoms with Crippen molar-refractivity contribution in [3.05, 3.63) is 200 Å². The minimum atomic E-state index is -1.07. The van der Waals surface area contributed by atoms with Crippen LogP contribution in [-0.2, 0) is 0 Å². The standard InChI is InChI=1S/C49H34N4P2/c1-3-17-36(18-4-1)54(37-19-5-2-6-20-37)46-25-13-22-41-47(46)40-21-10-12-24-44(40)53-45-29-28-39(31-43(45)51-48(41)53)55(38-27-26-33-14-7-8-15-34(33)30-38)49-50-32-35-16-9-11-23-42(35)52-49/h1-32,48,51H. The molecule has 1 aromatic heterocycles. The maximum atomic E-state index is 5.20. The molecule has 1 N–H and O–H groups in total. The number of nitrogens with one attached hydrogen (secondary N) is 1. The first kappa shape index (κ1) is 32.3. The molecule has 3 heterocycles. The van der Waals surface area contributed by atoms with Crippen LogP contribution in [-0.4, -0.2) is 9.97 Å². The molecule has 0 saturated carbocycles. The van der Waals surface area contributed by atoms with Gasteiger partial charge in [-0.1, -0.05) is 158 Å². The Balaban J connectivity index is 1.06. The van der Waals surface area contributed by atoms with Gasteiger partial charge in [0.1, 0.15) is 6.17 Å². The Morgan fingerprint density at radius 1 is 0.491 bits per heavy atom. The summed E-state index contributed by atoms with van der Waals surface area (Å²) in [5.41, 5.74) is 9.24. The zero-order chi connectivity index (χ0) is 36.3. The molecule has 11 rings (SSSR count). The Hall–Kier alpha value is -6.18. The van der Waals surface area contributed by atoms with Crippen LogP contribution in [0.3, 0.4) is 0 Å². The molecule has 6 heteroatoms. The highest BCUT2D eigenvalue weighted by atomic mass is 31.1. The topological polar surface area (TPSA) is 41.1 Å². The molecule has 4 nitrogen and oxygen atoms in total. The number of rotatable bonds is 6. The molecule has 0 saturated heterocycles. The van der Waals surface area contributed by atoms with E-state index in [1.165, 1.54) is 65.4 Å². The van der Waals surface area contributed by atoms with Crippen molar-refractivity contribution in [3.8, 4) is 11.1 Å². The van der Waals surface area contributed by atoms with E-state index in [-0.39, 0.29) is 6.17 Å². The van der Waals surface area contributed by atoms with E-state index in [1.54, 1.807) is 0 Å². The zero-order valence-electron chi connectivity index (χ0n) is 29.8. The predicted molar refractivity (Wildman–Crippen MR) is 235 cm³/mol. The van der Waals surface area contributed by atoms with Gasteiger partial charge in [-0.25, -0.2) is 9.97 Å². The Bertz CT molecular complexity index is 2780. The lowest BCUT2D eigenvalue weighted by Gasteiger charge is -2.37. The average molecular weight is 741 g/mol. The van der Waals surface area contributed by atoms with Gasteiger partial charge >= 0.3 is 0 Å². The summed E-state index contributed by atoms with van der Waals surface area (Å²) in [6.07, 6.45) is 1.92. The third-order valence-electron chi connectivity index (χ3n) is 10.8. The smallest absolute Gasteiger partial charge is 0.160 e. The largest absolute Gasteiger partial charge is 0.359 e. The number of aromatic nitrogens is 2. The number of nitrogens with zero attached hydrogens (tertiary/aromatic N) is 3. The second-order valence-corrected chi connectivity index (χ2v) is 18.3. The zero-order valence-corrected chi connectivity index (χ0v) is 31.6. The summed E-state index contributed by atoms with van der Waals surface area (Å²) in [6.45, 7) is 0. The van der Waals surface area contributed by atoms with E-state index in [0.29, 0.717) is 0 Å². The number of benzene rings is 8. The SMILES string of the molecule is c1ccc(P(c2ccccc2)c2cccc3c2-c2ccccc2N2c4ccc(P(c5ccc6ccccc6c5)c5ncc6ccccc6n5)cc4NC32)cc1. The van der Waals surface area contributed by atoms with Crippen molar-refractivity contribution in [2.75, 3.05) is 10.2 Å². The maximum Gasteiger partial charge on any atom is 0.160 e. The fraction of sp³-hybridized carbons (Fsp3) is 0.0204. The van der Waals surface area contributed by atoms with Gasteiger partial charge in [0, 0.05) is 30.6 Å². The molecule has 0 radical (unpaired) electrons. The highest BCUT2D eigenvalue weighted by Crippen LogP contribution is 2.55. The maximum absolute atomic E-state index is 5.20. The van der Waals surface area contributed by atoms with Gasteiger partial charge in [-0.05, 0) is 81.1 Å². The first-order chi connectivity index (χ1) is 27.3. The minimum absolute atomic E-state index is 0.0534. The summed E-state index contributed by atoms with van der Waals surface area (Å²) < 4.78 is 0. The molecular weight excluding hydrogens is 707 g/mol. The molecule has 260 valence electrons. The van der Waals surface area contributed by atoms with E-state index in [0.717, 1.165) is 22.2 Å². The van der Waals surface area contributed by atoms with Gasteiger partial charge in [-0.3, -0.25) is 0 Å². The second kappa shape index (κ2) is 13.3. The van der Waals surface area contributed by atoms with Crippen LogP contribution in [0.2, 0.25) is 0 Å². The van der Waals surface area contributed by atoms with Crippen LogP contribution in [0.15, 0.2) is 194 Å². The van der Waals surface area contributed by atoms with E-state index >= 15 is 0 Å². The molecule has 2 unspecified atom stereocenters. The van der Waals surface area contributed by atoms with E-state index in [1.807, 2.05) is 12.3 Å². The van der Waals surface area contributed by atoms with E-state index in [2.05, 4.69) is 192 Å². The summed E-state index contributed by atoms with van der Waals surface area (Å²) in [4.78, 5) is 12.7. The lowest BCUT2D eigenvalue weighted by atomic mass is 9.91. The van der Waals surface area contributed by atoms with Crippen molar-refractivity contribution >= 4 is 86.7 Å². The normalized spacial score (nSPS) is 14.6. The molecule has 0 bridgehead atoms. The van der Waals surface area contributed by atoms with Crippen molar-refractivity contribution < 1.29 is 0 Å². The fourth-order valence-corrected chi connectivity index (χ4v) is 13.0. The fourth-order valence-electron chi connectivity index (χ4n) is 8.33. The van der Waals surface area contributed by atoms with Gasteiger partial charge in [0.25, 0.3) is 0 Å². The number of hydrogen-bond acceptors (Lipinski definition) is 4. The van der Waals surface area contributed by atoms with Gasteiger partial charge in [0.2, 0.25) is 0 Å². The lowest BCUT2D eigenvalue weighted by molar-refractivity contribution is 0.820. The number of anilines is 3. The number of fused-ring (bicyclic) bond motifs is 10. The Kier molecular flexibility index (Phi) is 7.80. The van der Waals surface area contributed by atoms with Crippen LogP contribution < -0.4 is 42.3 Å². The van der Waals surface area contributed by atoms with E-state index in [4.69, 9.17) is 9.97 Å². The monoisotopic (exact) mass is 740 g/mol. The molecular formula is C49H34N4P2. The Morgan fingerprint density at radius 3 is 1.98 bits per heavy atom. The van der Waals surface area contributed by atoms with Gasteiger partial charge in [0.15, 0.2) is 5.57 Å². The molecule has 55 heavy (non-hydrogen) atoms. The highest BCUT2D eigenvalue weighted by Gasteiger charge is 2.40. The first-order valence-electron chi connectivity index (χ1n) is 18.6. The lowest BCUT2D eigenvalue weighted by Crippen LogP contribution is -2.31. The van der Waals surface area contributed by atoms with Crippen LogP contribution in [0.25, 0.3) is 32.8 Å². The average Bonchev–Trinajstić information content (AvgIpc) is 3.64. The predicted octanol–water partition coefficient (Wildman–Crippen LogP) is 9.54. The van der Waals surface area contributed by atoms with Crippen molar-refractivity contribution in [1.82, 2.24) is 9.97 Å². The van der Waals surface area contributed by atoms with Crippen LogP contribution in [0, 0.1) is 0 Å². The highest BCUT2D eigenvalue weighted by molar-refractivity contribution is 7.80. The molecule has 2 atom stereocenters. The number of para-hydroxylation sites is 2. The molecule has 9 aromatic rings. The van der Waals surface area contributed by atoms with Gasteiger partial charge in [-0.15, -0.1) is 0 Å². The van der Waals surface area contributed by atoms with Crippen LogP contribution in [0.5, 0.6) is 0 Å². The van der Waals surface area contributed by atoms with Crippen molar-refractivity contribution in [2.45, 2.75) is 6.17 Å². The molecule has 2 aliphatic heterocycles. The summed E-state index contributed by atoms with van der Waals surface area (Å²) in [6, 6.07) is 68.6. The van der Waals surface area contributed by atoms with Gasteiger partial charge in [-0.2, -0.15) is 0 Å². The van der Waals surface area contributed by atoms with E-state index in [9.17, 15) is 0 Å². The number of hydrogen-bond donors (Lipinski definition) is 1. The van der Waals surface area contributed by atoms with Gasteiger partial charge in [0.05, 0.1) is 22.6 Å². The van der Waals surface area contributed by atoms with Crippen LogP contribution in [0.4, 0.5) is 17.1 Å².